The summed E-state index contributed by atoms with van der Waals surface area (Å²) in [5, 5.41) is 5.76. The smallest absolute Gasteiger partial charge is 0.281 e. The Labute approximate surface area is 120 Å². The fourth-order valence-electron chi connectivity index (χ4n) is 1.55. The third-order valence-electron chi connectivity index (χ3n) is 2.56. The van der Waals surface area contributed by atoms with Crippen molar-refractivity contribution in [3.63, 3.8) is 0 Å². The number of rotatable bonds is 5. The topological polar surface area (TPSA) is 59.9 Å². The molecule has 1 aromatic heterocycles. The van der Waals surface area contributed by atoms with Gasteiger partial charge >= 0.3 is 0 Å². The van der Waals surface area contributed by atoms with Crippen molar-refractivity contribution in [3.05, 3.63) is 46.2 Å². The van der Waals surface area contributed by atoms with Crippen LogP contribution in [0.25, 0.3) is 0 Å². The van der Waals surface area contributed by atoms with Gasteiger partial charge in [-0.2, -0.15) is 5.10 Å². The lowest BCUT2D eigenvalue weighted by Crippen LogP contribution is -2.16. The number of hydrazone groups is 1. The van der Waals surface area contributed by atoms with Crippen LogP contribution in [0.4, 0.5) is 0 Å². The summed E-state index contributed by atoms with van der Waals surface area (Å²) in [7, 11) is 3.15. The average Bonchev–Trinajstić information content (AvgIpc) is 3.01. The average molecular weight is 290 g/mol. The van der Waals surface area contributed by atoms with Crippen LogP contribution < -0.4 is 14.9 Å². The van der Waals surface area contributed by atoms with E-state index in [1.807, 2.05) is 11.4 Å². The number of nitrogens with zero attached hydrogens (tertiary/aromatic N) is 1. The van der Waals surface area contributed by atoms with E-state index in [0.717, 1.165) is 5.56 Å². The minimum Gasteiger partial charge on any atom is -0.497 e. The van der Waals surface area contributed by atoms with Crippen molar-refractivity contribution in [2.45, 2.75) is 0 Å². The number of amides is 1. The quantitative estimate of drug-likeness (QED) is 0.680. The Kier molecular flexibility index (Phi) is 4.73. The lowest BCUT2D eigenvalue weighted by Gasteiger charge is -2.06. The number of thiophene rings is 1. The summed E-state index contributed by atoms with van der Waals surface area (Å²) < 4.78 is 10.3. The van der Waals surface area contributed by atoms with Gasteiger partial charge in [-0.3, -0.25) is 4.79 Å². The van der Waals surface area contributed by atoms with E-state index in [4.69, 9.17) is 9.47 Å². The van der Waals surface area contributed by atoms with Gasteiger partial charge in [-0.15, -0.1) is 11.3 Å². The second-order valence-corrected chi connectivity index (χ2v) is 4.73. The van der Waals surface area contributed by atoms with E-state index in [1.165, 1.54) is 17.6 Å². The fraction of sp³-hybridized carbons (Fsp3) is 0.143. The highest BCUT2D eigenvalue weighted by Crippen LogP contribution is 2.22. The summed E-state index contributed by atoms with van der Waals surface area (Å²) in [6.45, 7) is 0. The van der Waals surface area contributed by atoms with Gasteiger partial charge in [0, 0.05) is 11.6 Å². The Bertz CT molecular complexity index is 609. The molecule has 20 heavy (non-hydrogen) atoms. The van der Waals surface area contributed by atoms with Crippen LogP contribution in [0.15, 0.2) is 40.8 Å². The standard InChI is InChI=1S/C14H14N2O3S/c1-18-11-6-5-10(12(8-11)19-2)9-15-16-14(17)13-4-3-7-20-13/h3-9H,1-2H3,(H,16,17)/b15-9-. The van der Waals surface area contributed by atoms with E-state index >= 15 is 0 Å². The van der Waals surface area contributed by atoms with Gasteiger partial charge in [0.15, 0.2) is 0 Å². The molecule has 0 radical (unpaired) electrons. The largest absolute Gasteiger partial charge is 0.497 e. The maximum atomic E-state index is 11.7. The Morgan fingerprint density at radius 3 is 2.80 bits per heavy atom. The van der Waals surface area contributed by atoms with Crippen LogP contribution in [-0.4, -0.2) is 26.3 Å². The molecule has 5 nitrogen and oxygen atoms in total. The Balaban J connectivity index is 2.06. The maximum Gasteiger partial charge on any atom is 0.281 e. The lowest BCUT2D eigenvalue weighted by molar-refractivity contribution is 0.0959. The third-order valence-corrected chi connectivity index (χ3v) is 3.42. The SMILES string of the molecule is COc1ccc(/C=N\NC(=O)c2cccs2)c(OC)c1. The van der Waals surface area contributed by atoms with Crippen LogP contribution in [0.5, 0.6) is 11.5 Å². The van der Waals surface area contributed by atoms with Crippen LogP contribution in [0.2, 0.25) is 0 Å². The highest BCUT2D eigenvalue weighted by molar-refractivity contribution is 7.12. The first-order valence-corrected chi connectivity index (χ1v) is 6.71. The number of methoxy groups -OCH3 is 2. The second-order valence-electron chi connectivity index (χ2n) is 3.78. The van der Waals surface area contributed by atoms with E-state index in [-0.39, 0.29) is 5.91 Å². The van der Waals surface area contributed by atoms with Crippen molar-refractivity contribution < 1.29 is 14.3 Å². The highest BCUT2D eigenvalue weighted by Gasteiger charge is 2.05. The van der Waals surface area contributed by atoms with Crippen molar-refractivity contribution in [1.29, 1.82) is 0 Å². The Hall–Kier alpha value is -2.34. The second kappa shape index (κ2) is 6.72. The van der Waals surface area contributed by atoms with Gasteiger partial charge in [0.1, 0.15) is 11.5 Å². The first kappa shape index (κ1) is 14.1. The number of hydrogen-bond donors (Lipinski definition) is 1. The lowest BCUT2D eigenvalue weighted by atomic mass is 10.2. The zero-order chi connectivity index (χ0) is 14.4. The number of hydrogen-bond acceptors (Lipinski definition) is 5. The van der Waals surface area contributed by atoms with Crippen LogP contribution in [0, 0.1) is 0 Å². The third kappa shape index (κ3) is 3.36. The summed E-state index contributed by atoms with van der Waals surface area (Å²) in [6, 6.07) is 8.91. The predicted octanol–water partition coefficient (Wildman–Crippen LogP) is 2.53. The molecule has 1 aromatic carbocycles. The molecule has 0 spiro atoms. The molecule has 0 aliphatic rings. The molecule has 104 valence electrons. The molecule has 0 bridgehead atoms. The zero-order valence-electron chi connectivity index (χ0n) is 11.1. The van der Waals surface area contributed by atoms with Crippen molar-refractivity contribution in [2.75, 3.05) is 14.2 Å². The summed E-state index contributed by atoms with van der Waals surface area (Å²) in [6.07, 6.45) is 1.53. The monoisotopic (exact) mass is 290 g/mol. The van der Waals surface area contributed by atoms with E-state index in [1.54, 1.807) is 38.5 Å². The summed E-state index contributed by atoms with van der Waals surface area (Å²) in [5.41, 5.74) is 3.22. The summed E-state index contributed by atoms with van der Waals surface area (Å²) >= 11 is 1.36. The molecule has 0 unspecified atom stereocenters. The first-order valence-electron chi connectivity index (χ1n) is 5.83. The van der Waals surface area contributed by atoms with Crippen molar-refractivity contribution in [1.82, 2.24) is 5.43 Å². The number of carbonyl (C=O) groups excluding carboxylic acids is 1. The minimum absolute atomic E-state index is 0.233. The van der Waals surface area contributed by atoms with Gasteiger partial charge in [0.2, 0.25) is 0 Å². The van der Waals surface area contributed by atoms with Crippen molar-refractivity contribution >= 4 is 23.5 Å². The molecule has 1 heterocycles. The van der Waals surface area contributed by atoms with E-state index in [2.05, 4.69) is 10.5 Å². The molecule has 0 saturated carbocycles. The van der Waals surface area contributed by atoms with Crippen molar-refractivity contribution in [2.24, 2.45) is 5.10 Å². The Morgan fingerprint density at radius 2 is 2.15 bits per heavy atom. The van der Waals surface area contributed by atoms with Crippen LogP contribution in [0.3, 0.4) is 0 Å². The molecular formula is C14H14N2O3S. The molecule has 1 N–H and O–H groups in total. The first-order chi connectivity index (χ1) is 9.74. The van der Waals surface area contributed by atoms with Gasteiger partial charge in [-0.1, -0.05) is 6.07 Å². The molecule has 0 fully saturated rings. The van der Waals surface area contributed by atoms with Crippen molar-refractivity contribution in [3.8, 4) is 11.5 Å². The molecule has 2 rings (SSSR count). The normalized spacial score (nSPS) is 10.5. The number of nitrogens with one attached hydrogen (secondary N) is 1. The zero-order valence-corrected chi connectivity index (χ0v) is 11.9. The number of benzene rings is 1. The molecule has 0 aliphatic carbocycles. The van der Waals surface area contributed by atoms with Gasteiger partial charge in [0.25, 0.3) is 5.91 Å². The molecular weight excluding hydrogens is 276 g/mol. The van der Waals surface area contributed by atoms with Gasteiger partial charge in [-0.25, -0.2) is 5.43 Å². The minimum atomic E-state index is -0.233. The van der Waals surface area contributed by atoms with Gasteiger partial charge in [0.05, 0.1) is 25.3 Å². The Morgan fingerprint density at radius 1 is 1.30 bits per heavy atom. The van der Waals surface area contributed by atoms with E-state index < -0.39 is 0 Å². The molecule has 1 amide bonds. The van der Waals surface area contributed by atoms with E-state index in [9.17, 15) is 4.79 Å². The highest BCUT2D eigenvalue weighted by atomic mass is 32.1. The molecule has 6 heteroatoms. The van der Waals surface area contributed by atoms with Crippen LogP contribution >= 0.6 is 11.3 Å². The predicted molar refractivity (Wildman–Crippen MR) is 78.9 cm³/mol. The number of carbonyl (C=O) groups is 1. The summed E-state index contributed by atoms with van der Waals surface area (Å²) in [4.78, 5) is 12.3. The van der Waals surface area contributed by atoms with E-state index in [0.29, 0.717) is 16.4 Å². The molecule has 0 atom stereocenters. The molecule has 2 aromatic rings. The maximum absolute atomic E-state index is 11.7. The summed E-state index contributed by atoms with van der Waals surface area (Å²) in [5.74, 6) is 1.09. The molecule has 0 aliphatic heterocycles. The van der Waals surface area contributed by atoms with Crippen LogP contribution in [0.1, 0.15) is 15.2 Å². The van der Waals surface area contributed by atoms with Gasteiger partial charge in [-0.05, 0) is 23.6 Å². The molecule has 0 saturated heterocycles. The van der Waals surface area contributed by atoms with Gasteiger partial charge < -0.3 is 9.47 Å². The van der Waals surface area contributed by atoms with Crippen LogP contribution in [-0.2, 0) is 0 Å². The fourth-order valence-corrected chi connectivity index (χ4v) is 2.16. The number of ether oxygens (including phenoxy) is 2.